The van der Waals surface area contributed by atoms with Gasteiger partial charge in [-0.2, -0.15) is 0 Å². The Morgan fingerprint density at radius 3 is 2.67 bits per heavy atom. The van der Waals surface area contributed by atoms with Gasteiger partial charge in [0.25, 0.3) is 0 Å². The molecule has 1 atom stereocenters. The Hall–Kier alpha value is -0.860. The lowest BCUT2D eigenvalue weighted by atomic mass is 9.91. The lowest BCUT2D eigenvalue weighted by Gasteiger charge is -2.21. The number of carbonyl (C=O) groups is 1. The SMILES string of the molecule is Cl.O=C1CCNCC1Cc1ccccc1. The average molecular weight is 226 g/mol. The molecule has 1 aliphatic rings. The van der Waals surface area contributed by atoms with Crippen molar-refractivity contribution in [2.45, 2.75) is 12.8 Å². The molecule has 1 aromatic carbocycles. The van der Waals surface area contributed by atoms with Gasteiger partial charge in [-0.25, -0.2) is 0 Å². The molecule has 1 saturated heterocycles. The van der Waals surface area contributed by atoms with E-state index in [4.69, 9.17) is 0 Å². The fourth-order valence-electron chi connectivity index (χ4n) is 1.89. The van der Waals surface area contributed by atoms with E-state index in [1.807, 2.05) is 18.2 Å². The Morgan fingerprint density at radius 1 is 1.27 bits per heavy atom. The van der Waals surface area contributed by atoms with Crippen molar-refractivity contribution >= 4 is 18.2 Å². The summed E-state index contributed by atoms with van der Waals surface area (Å²) in [4.78, 5) is 11.6. The van der Waals surface area contributed by atoms with Crippen LogP contribution in [0.4, 0.5) is 0 Å². The summed E-state index contributed by atoms with van der Waals surface area (Å²) in [5, 5.41) is 3.26. The molecule has 1 heterocycles. The van der Waals surface area contributed by atoms with Crippen LogP contribution in [0.1, 0.15) is 12.0 Å². The van der Waals surface area contributed by atoms with Crippen molar-refractivity contribution in [1.29, 1.82) is 0 Å². The van der Waals surface area contributed by atoms with Crippen molar-refractivity contribution in [3.8, 4) is 0 Å². The third-order valence-electron chi connectivity index (χ3n) is 2.72. The molecule has 2 nitrogen and oxygen atoms in total. The van der Waals surface area contributed by atoms with Gasteiger partial charge < -0.3 is 5.32 Å². The molecule has 1 aromatic rings. The normalized spacial score (nSPS) is 20.8. The van der Waals surface area contributed by atoms with Crippen molar-refractivity contribution in [3.63, 3.8) is 0 Å². The van der Waals surface area contributed by atoms with E-state index >= 15 is 0 Å². The van der Waals surface area contributed by atoms with E-state index in [0.717, 1.165) is 19.5 Å². The number of hydrogen-bond donors (Lipinski definition) is 1. The molecule has 0 saturated carbocycles. The molecule has 0 aliphatic carbocycles. The monoisotopic (exact) mass is 225 g/mol. The predicted octanol–water partition coefficient (Wildman–Crippen LogP) is 1.83. The highest BCUT2D eigenvalue weighted by Crippen LogP contribution is 2.13. The summed E-state index contributed by atoms with van der Waals surface area (Å²) in [6, 6.07) is 10.2. The van der Waals surface area contributed by atoms with Gasteiger partial charge in [-0.3, -0.25) is 4.79 Å². The summed E-state index contributed by atoms with van der Waals surface area (Å²) in [5.41, 5.74) is 1.26. The maximum atomic E-state index is 11.6. The first-order valence-corrected chi connectivity index (χ1v) is 5.13. The van der Waals surface area contributed by atoms with Gasteiger partial charge in [-0.1, -0.05) is 30.3 Å². The van der Waals surface area contributed by atoms with Gasteiger partial charge in [0.15, 0.2) is 0 Å². The summed E-state index contributed by atoms with van der Waals surface area (Å²) in [6.07, 6.45) is 1.57. The zero-order chi connectivity index (χ0) is 9.80. The maximum Gasteiger partial charge on any atom is 0.138 e. The van der Waals surface area contributed by atoms with E-state index in [2.05, 4.69) is 17.4 Å². The highest BCUT2D eigenvalue weighted by Gasteiger charge is 2.21. The van der Waals surface area contributed by atoms with Crippen LogP contribution in [0.15, 0.2) is 30.3 Å². The van der Waals surface area contributed by atoms with Crippen molar-refractivity contribution < 1.29 is 4.79 Å². The molecule has 1 fully saturated rings. The molecule has 0 spiro atoms. The van der Waals surface area contributed by atoms with Crippen LogP contribution in [0.25, 0.3) is 0 Å². The standard InChI is InChI=1S/C12H15NO.ClH/c14-12-6-7-13-9-11(12)8-10-4-2-1-3-5-10;/h1-5,11,13H,6-9H2;1H. The molecular weight excluding hydrogens is 210 g/mol. The second-order valence-corrected chi connectivity index (χ2v) is 3.81. The van der Waals surface area contributed by atoms with Crippen molar-refractivity contribution in [2.75, 3.05) is 13.1 Å². The Kier molecular flexibility index (Phi) is 4.79. The number of carbonyl (C=O) groups excluding carboxylic acids is 1. The number of hydrogen-bond acceptors (Lipinski definition) is 2. The largest absolute Gasteiger partial charge is 0.316 e. The van der Waals surface area contributed by atoms with Crippen molar-refractivity contribution in [1.82, 2.24) is 5.32 Å². The van der Waals surface area contributed by atoms with E-state index < -0.39 is 0 Å². The molecule has 2 rings (SSSR count). The fraction of sp³-hybridized carbons (Fsp3) is 0.417. The number of halogens is 1. The molecule has 0 bridgehead atoms. The predicted molar refractivity (Wildman–Crippen MR) is 63.4 cm³/mol. The van der Waals surface area contributed by atoms with E-state index in [0.29, 0.717) is 12.2 Å². The third-order valence-corrected chi connectivity index (χ3v) is 2.72. The Bertz CT molecular complexity index is 313. The topological polar surface area (TPSA) is 29.1 Å². The van der Waals surface area contributed by atoms with Crippen LogP contribution in [-0.2, 0) is 11.2 Å². The van der Waals surface area contributed by atoms with Gasteiger partial charge in [0.1, 0.15) is 5.78 Å². The smallest absolute Gasteiger partial charge is 0.138 e. The molecule has 82 valence electrons. The van der Waals surface area contributed by atoms with Gasteiger partial charge in [-0.05, 0) is 12.0 Å². The number of ketones is 1. The van der Waals surface area contributed by atoms with Gasteiger partial charge in [0.2, 0.25) is 0 Å². The van der Waals surface area contributed by atoms with Crippen LogP contribution in [-0.4, -0.2) is 18.9 Å². The highest BCUT2D eigenvalue weighted by molar-refractivity contribution is 5.85. The molecular formula is C12H16ClNO. The summed E-state index contributed by atoms with van der Waals surface area (Å²) >= 11 is 0. The Balaban J connectivity index is 0.00000112. The molecule has 0 amide bonds. The highest BCUT2D eigenvalue weighted by atomic mass is 35.5. The van der Waals surface area contributed by atoms with Crippen LogP contribution in [0.2, 0.25) is 0 Å². The van der Waals surface area contributed by atoms with Crippen LogP contribution < -0.4 is 5.32 Å². The zero-order valence-corrected chi connectivity index (χ0v) is 9.43. The van der Waals surface area contributed by atoms with Gasteiger partial charge in [0, 0.05) is 25.4 Å². The molecule has 1 aliphatic heterocycles. The van der Waals surface area contributed by atoms with Gasteiger partial charge in [0.05, 0.1) is 0 Å². The minimum Gasteiger partial charge on any atom is -0.316 e. The van der Waals surface area contributed by atoms with Crippen LogP contribution in [0, 0.1) is 5.92 Å². The lowest BCUT2D eigenvalue weighted by Crippen LogP contribution is -2.37. The summed E-state index contributed by atoms with van der Waals surface area (Å²) in [7, 11) is 0. The Labute approximate surface area is 96.5 Å². The third kappa shape index (κ3) is 3.33. The molecule has 1 N–H and O–H groups in total. The molecule has 15 heavy (non-hydrogen) atoms. The van der Waals surface area contributed by atoms with E-state index in [9.17, 15) is 4.79 Å². The maximum absolute atomic E-state index is 11.6. The van der Waals surface area contributed by atoms with Crippen LogP contribution in [0.5, 0.6) is 0 Å². The fourth-order valence-corrected chi connectivity index (χ4v) is 1.89. The minimum atomic E-state index is 0. The minimum absolute atomic E-state index is 0. The van der Waals surface area contributed by atoms with E-state index in [1.165, 1.54) is 5.56 Å². The second-order valence-electron chi connectivity index (χ2n) is 3.81. The van der Waals surface area contributed by atoms with Crippen LogP contribution >= 0.6 is 12.4 Å². The van der Waals surface area contributed by atoms with Gasteiger partial charge >= 0.3 is 0 Å². The average Bonchev–Trinajstić information content (AvgIpc) is 2.23. The first kappa shape index (κ1) is 12.2. The first-order valence-electron chi connectivity index (χ1n) is 5.13. The zero-order valence-electron chi connectivity index (χ0n) is 8.61. The number of Topliss-reactive ketones (excluding diaryl/α,β-unsaturated/α-hetero) is 1. The summed E-state index contributed by atoms with van der Waals surface area (Å²) in [5.74, 6) is 0.596. The van der Waals surface area contributed by atoms with Crippen molar-refractivity contribution in [2.24, 2.45) is 5.92 Å². The molecule has 0 radical (unpaired) electrons. The summed E-state index contributed by atoms with van der Waals surface area (Å²) < 4.78 is 0. The summed E-state index contributed by atoms with van der Waals surface area (Å²) in [6.45, 7) is 1.69. The number of nitrogens with one attached hydrogen (secondary N) is 1. The molecule has 0 aromatic heterocycles. The molecule has 3 heteroatoms. The van der Waals surface area contributed by atoms with E-state index in [-0.39, 0.29) is 18.3 Å². The van der Waals surface area contributed by atoms with Crippen LogP contribution in [0.3, 0.4) is 0 Å². The van der Waals surface area contributed by atoms with Crippen molar-refractivity contribution in [3.05, 3.63) is 35.9 Å². The first-order chi connectivity index (χ1) is 6.86. The number of rotatable bonds is 2. The van der Waals surface area contributed by atoms with Gasteiger partial charge in [-0.15, -0.1) is 12.4 Å². The molecule has 1 unspecified atom stereocenters. The number of piperidine rings is 1. The second kappa shape index (κ2) is 5.89. The Morgan fingerprint density at radius 2 is 2.00 bits per heavy atom. The number of benzene rings is 1. The van der Waals surface area contributed by atoms with E-state index in [1.54, 1.807) is 0 Å². The lowest BCUT2D eigenvalue weighted by molar-refractivity contribution is -0.123. The quantitative estimate of drug-likeness (QED) is 0.832.